The topological polar surface area (TPSA) is 56.9 Å². The van der Waals surface area contributed by atoms with E-state index in [1.54, 1.807) is 17.4 Å². The standard InChI is InChI=1S/C16H9BrN2OS2/c17-12-5-2-1-4-10(12)15(20)11(8-18)16-19-13(9-22-16)14-6-3-7-21-14/h1-7,9,20H. The Morgan fingerprint density at radius 3 is 2.68 bits per heavy atom. The summed E-state index contributed by atoms with van der Waals surface area (Å²) in [7, 11) is 0. The molecule has 0 unspecified atom stereocenters. The van der Waals surface area contributed by atoms with Crippen molar-refractivity contribution >= 4 is 49.9 Å². The Hall–Kier alpha value is -1.94. The Balaban J connectivity index is 2.07. The van der Waals surface area contributed by atoms with Crippen molar-refractivity contribution in [3.8, 4) is 16.6 Å². The van der Waals surface area contributed by atoms with E-state index in [9.17, 15) is 10.4 Å². The van der Waals surface area contributed by atoms with Crippen LogP contribution in [-0.2, 0) is 0 Å². The molecule has 0 spiro atoms. The second-order valence-corrected chi connectivity index (χ2v) is 6.99. The van der Waals surface area contributed by atoms with Crippen molar-refractivity contribution in [2.24, 2.45) is 0 Å². The summed E-state index contributed by atoms with van der Waals surface area (Å²) < 4.78 is 0.732. The van der Waals surface area contributed by atoms with E-state index < -0.39 is 0 Å². The predicted octanol–water partition coefficient (Wildman–Crippen LogP) is 5.58. The molecule has 0 saturated heterocycles. The number of allylic oxidation sites excluding steroid dienone is 1. The van der Waals surface area contributed by atoms with Gasteiger partial charge >= 0.3 is 0 Å². The Morgan fingerprint density at radius 1 is 1.18 bits per heavy atom. The first-order valence-electron chi connectivity index (χ1n) is 6.28. The normalized spacial score (nSPS) is 11.8. The van der Waals surface area contributed by atoms with Crippen molar-refractivity contribution in [3.63, 3.8) is 0 Å². The fraction of sp³-hybridized carbons (Fsp3) is 0. The summed E-state index contributed by atoms with van der Waals surface area (Å²) in [5.41, 5.74) is 1.58. The van der Waals surface area contributed by atoms with Crippen LogP contribution in [0.1, 0.15) is 10.6 Å². The van der Waals surface area contributed by atoms with Crippen LogP contribution in [0.4, 0.5) is 0 Å². The number of rotatable bonds is 3. The molecular weight excluding hydrogens is 380 g/mol. The highest BCUT2D eigenvalue weighted by atomic mass is 79.9. The monoisotopic (exact) mass is 388 g/mol. The van der Waals surface area contributed by atoms with Gasteiger partial charge in [-0.15, -0.1) is 22.7 Å². The van der Waals surface area contributed by atoms with Crippen LogP contribution in [0.25, 0.3) is 21.9 Å². The van der Waals surface area contributed by atoms with E-state index in [4.69, 9.17) is 0 Å². The van der Waals surface area contributed by atoms with E-state index in [1.165, 1.54) is 11.3 Å². The van der Waals surface area contributed by atoms with Gasteiger partial charge in [0.05, 0.1) is 10.6 Å². The summed E-state index contributed by atoms with van der Waals surface area (Å²) >= 11 is 6.33. The van der Waals surface area contributed by atoms with E-state index in [0.29, 0.717) is 10.6 Å². The molecule has 3 nitrogen and oxygen atoms in total. The average molecular weight is 389 g/mol. The summed E-state index contributed by atoms with van der Waals surface area (Å²) in [5.74, 6) is -0.0675. The van der Waals surface area contributed by atoms with Crippen LogP contribution in [0.2, 0.25) is 0 Å². The first-order chi connectivity index (χ1) is 10.7. The van der Waals surface area contributed by atoms with Crippen LogP contribution in [0.15, 0.2) is 51.6 Å². The molecule has 22 heavy (non-hydrogen) atoms. The molecular formula is C16H9BrN2OS2. The third-order valence-corrected chi connectivity index (χ3v) is 5.41. The van der Waals surface area contributed by atoms with E-state index in [-0.39, 0.29) is 11.3 Å². The summed E-state index contributed by atoms with van der Waals surface area (Å²) in [6.45, 7) is 0. The number of hydrogen-bond donors (Lipinski definition) is 1. The highest BCUT2D eigenvalue weighted by Gasteiger charge is 2.16. The minimum absolute atomic E-state index is 0.0675. The average Bonchev–Trinajstić information content (AvgIpc) is 3.19. The Morgan fingerprint density at radius 2 is 2.00 bits per heavy atom. The second kappa shape index (κ2) is 6.44. The third kappa shape index (κ3) is 2.83. The number of nitriles is 1. The minimum Gasteiger partial charge on any atom is -0.506 e. The molecule has 0 atom stereocenters. The molecule has 1 N–H and O–H groups in total. The van der Waals surface area contributed by atoms with Crippen LogP contribution in [0, 0.1) is 11.3 Å². The van der Waals surface area contributed by atoms with E-state index in [2.05, 4.69) is 27.0 Å². The molecule has 6 heteroatoms. The van der Waals surface area contributed by atoms with Gasteiger partial charge in [-0.25, -0.2) is 4.98 Å². The van der Waals surface area contributed by atoms with Gasteiger partial charge in [0.25, 0.3) is 0 Å². The first kappa shape index (κ1) is 15.0. The molecule has 0 radical (unpaired) electrons. The van der Waals surface area contributed by atoms with E-state index in [0.717, 1.165) is 15.0 Å². The van der Waals surface area contributed by atoms with E-state index >= 15 is 0 Å². The molecule has 0 bridgehead atoms. The lowest BCUT2D eigenvalue weighted by Crippen LogP contribution is -1.91. The molecule has 0 saturated carbocycles. The zero-order valence-corrected chi connectivity index (χ0v) is 14.4. The van der Waals surface area contributed by atoms with Crippen LogP contribution in [-0.4, -0.2) is 10.1 Å². The maximum absolute atomic E-state index is 10.5. The molecule has 3 rings (SSSR count). The number of hydrogen-bond acceptors (Lipinski definition) is 5. The molecule has 2 heterocycles. The summed E-state index contributed by atoms with van der Waals surface area (Å²) in [6, 6.07) is 13.2. The minimum atomic E-state index is -0.0675. The van der Waals surface area contributed by atoms with Gasteiger partial charge in [-0.1, -0.05) is 40.2 Å². The number of nitrogens with zero attached hydrogens (tertiary/aromatic N) is 2. The van der Waals surface area contributed by atoms with Gasteiger partial charge in [-0.2, -0.15) is 5.26 Å². The van der Waals surface area contributed by atoms with Gasteiger partial charge in [0, 0.05) is 15.4 Å². The summed E-state index contributed by atoms with van der Waals surface area (Å²) in [4.78, 5) is 5.52. The number of aliphatic hydroxyl groups is 1. The second-order valence-electron chi connectivity index (χ2n) is 4.33. The molecule has 0 aliphatic heterocycles. The Kier molecular flexibility index (Phi) is 4.39. The molecule has 0 aliphatic carbocycles. The zero-order valence-electron chi connectivity index (χ0n) is 11.2. The number of aromatic nitrogens is 1. The fourth-order valence-corrected chi connectivity index (χ4v) is 3.96. The number of aliphatic hydroxyl groups excluding tert-OH is 1. The predicted molar refractivity (Wildman–Crippen MR) is 94.6 cm³/mol. The summed E-state index contributed by atoms with van der Waals surface area (Å²) in [6.07, 6.45) is 0. The number of thiophene rings is 1. The molecule has 108 valence electrons. The van der Waals surface area contributed by atoms with Gasteiger partial charge < -0.3 is 5.11 Å². The number of benzene rings is 1. The lowest BCUT2D eigenvalue weighted by molar-refractivity contribution is 0.513. The highest BCUT2D eigenvalue weighted by Crippen LogP contribution is 2.33. The molecule has 0 fully saturated rings. The smallest absolute Gasteiger partial charge is 0.144 e. The van der Waals surface area contributed by atoms with Crippen LogP contribution >= 0.6 is 38.6 Å². The van der Waals surface area contributed by atoms with Gasteiger partial charge in [-0.05, 0) is 17.5 Å². The molecule has 0 amide bonds. The third-order valence-electron chi connectivity index (χ3n) is 2.97. The van der Waals surface area contributed by atoms with Crippen LogP contribution < -0.4 is 0 Å². The van der Waals surface area contributed by atoms with Crippen molar-refractivity contribution in [1.82, 2.24) is 4.98 Å². The van der Waals surface area contributed by atoms with Crippen molar-refractivity contribution in [3.05, 3.63) is 62.2 Å². The van der Waals surface area contributed by atoms with Gasteiger partial charge in [0.1, 0.15) is 22.4 Å². The molecule has 0 aliphatic rings. The molecule has 2 aromatic heterocycles. The fourth-order valence-electron chi connectivity index (χ4n) is 1.92. The number of thiazole rings is 1. The lowest BCUT2D eigenvalue weighted by atomic mass is 10.1. The van der Waals surface area contributed by atoms with Crippen molar-refractivity contribution < 1.29 is 5.11 Å². The highest BCUT2D eigenvalue weighted by molar-refractivity contribution is 9.10. The van der Waals surface area contributed by atoms with Crippen LogP contribution in [0.3, 0.4) is 0 Å². The number of halogens is 1. The van der Waals surface area contributed by atoms with Gasteiger partial charge in [-0.3, -0.25) is 0 Å². The SMILES string of the molecule is N#CC(=C(O)c1ccccc1Br)c1nc(-c2cccs2)cs1. The Labute approximate surface area is 144 Å². The quantitative estimate of drug-likeness (QED) is 0.470. The molecule has 3 aromatic rings. The maximum atomic E-state index is 10.5. The summed E-state index contributed by atoms with van der Waals surface area (Å²) in [5, 5.41) is 24.3. The lowest BCUT2D eigenvalue weighted by Gasteiger charge is -2.04. The maximum Gasteiger partial charge on any atom is 0.144 e. The first-order valence-corrected chi connectivity index (χ1v) is 8.84. The largest absolute Gasteiger partial charge is 0.506 e. The van der Waals surface area contributed by atoms with Crippen LogP contribution in [0.5, 0.6) is 0 Å². The van der Waals surface area contributed by atoms with E-state index in [1.807, 2.05) is 41.1 Å². The van der Waals surface area contributed by atoms with Crippen molar-refractivity contribution in [2.75, 3.05) is 0 Å². The van der Waals surface area contributed by atoms with Gasteiger partial charge in [0.15, 0.2) is 0 Å². The zero-order chi connectivity index (χ0) is 15.5. The van der Waals surface area contributed by atoms with Crippen molar-refractivity contribution in [1.29, 1.82) is 5.26 Å². The van der Waals surface area contributed by atoms with Crippen molar-refractivity contribution in [2.45, 2.75) is 0 Å². The van der Waals surface area contributed by atoms with Gasteiger partial charge in [0.2, 0.25) is 0 Å². The Bertz CT molecular complexity index is 876. The molecule has 1 aromatic carbocycles.